The lowest BCUT2D eigenvalue weighted by molar-refractivity contribution is 0.476. The van der Waals surface area contributed by atoms with Crippen molar-refractivity contribution in [3.8, 4) is 0 Å². The van der Waals surface area contributed by atoms with Gasteiger partial charge in [-0.05, 0) is 66.7 Å². The smallest absolute Gasteiger partial charge is 0.0837 e. The van der Waals surface area contributed by atoms with Crippen LogP contribution in [-0.2, 0) is 0 Å². The maximum atomic E-state index is 6.42. The molecule has 1 heterocycles. The number of aromatic nitrogens is 2. The molecule has 21 heavy (non-hydrogen) atoms. The lowest BCUT2D eigenvalue weighted by Gasteiger charge is -2.23. The number of halogens is 3. The summed E-state index contributed by atoms with van der Waals surface area (Å²) >= 11 is 12.4. The Balaban J connectivity index is 2.59. The maximum absolute atomic E-state index is 6.42. The van der Waals surface area contributed by atoms with Crippen LogP contribution in [0.3, 0.4) is 0 Å². The maximum Gasteiger partial charge on any atom is 0.0837 e. The van der Waals surface area contributed by atoms with Gasteiger partial charge in [0, 0.05) is 14.1 Å². The molecule has 0 amide bonds. The molecule has 2 aromatic rings. The second kappa shape index (κ2) is 7.44. The van der Waals surface area contributed by atoms with Gasteiger partial charge in [-0.1, -0.05) is 34.5 Å². The normalized spacial score (nSPS) is 12.9. The van der Waals surface area contributed by atoms with Crippen molar-refractivity contribution in [2.75, 3.05) is 6.54 Å². The molecule has 1 N–H and O–H groups in total. The predicted molar refractivity (Wildman–Crippen MR) is 100 cm³/mol. The van der Waals surface area contributed by atoms with Crippen molar-refractivity contribution in [3.05, 3.63) is 48.7 Å². The van der Waals surface area contributed by atoms with Crippen molar-refractivity contribution >= 4 is 50.1 Å². The zero-order valence-electron chi connectivity index (χ0n) is 12.2. The summed E-state index contributed by atoms with van der Waals surface area (Å²) < 4.78 is 4.25. The van der Waals surface area contributed by atoms with Crippen LogP contribution < -0.4 is 5.32 Å². The van der Waals surface area contributed by atoms with Crippen LogP contribution in [0.5, 0.6) is 0 Å². The Morgan fingerprint density at radius 2 is 2.14 bits per heavy atom. The van der Waals surface area contributed by atoms with Gasteiger partial charge < -0.3 is 5.32 Å². The van der Waals surface area contributed by atoms with Crippen LogP contribution in [-0.4, -0.2) is 16.3 Å². The average molecular weight is 483 g/mol. The molecule has 1 aromatic heterocycles. The molecule has 3 nitrogen and oxygen atoms in total. The van der Waals surface area contributed by atoms with Crippen molar-refractivity contribution in [3.63, 3.8) is 0 Å². The Bertz CT molecular complexity index is 627. The highest BCUT2D eigenvalue weighted by molar-refractivity contribution is 14.1. The van der Waals surface area contributed by atoms with Crippen molar-refractivity contribution < 1.29 is 0 Å². The van der Waals surface area contributed by atoms with E-state index in [1.165, 1.54) is 9.13 Å². The Kier molecular flexibility index (Phi) is 6.11. The molecule has 0 aliphatic rings. The topological polar surface area (TPSA) is 29.9 Å². The van der Waals surface area contributed by atoms with Crippen LogP contribution in [0.2, 0.25) is 5.02 Å². The third kappa shape index (κ3) is 3.81. The van der Waals surface area contributed by atoms with Gasteiger partial charge in [0.25, 0.3) is 0 Å². The second-order valence-electron chi connectivity index (χ2n) is 5.07. The molecule has 0 aliphatic carbocycles. The molecule has 0 radical (unpaired) electrons. The number of rotatable bonds is 5. The van der Waals surface area contributed by atoms with Crippen molar-refractivity contribution in [2.24, 2.45) is 0 Å². The first kappa shape index (κ1) is 17.2. The molecule has 0 saturated heterocycles. The lowest BCUT2D eigenvalue weighted by atomic mass is 10.0. The predicted octanol–water partition coefficient (Wildman–Crippen LogP) is 5.18. The first-order chi connectivity index (χ1) is 9.95. The van der Waals surface area contributed by atoms with E-state index in [1.807, 2.05) is 4.68 Å². The minimum absolute atomic E-state index is 0.0106. The third-order valence-electron chi connectivity index (χ3n) is 3.23. The highest BCUT2D eigenvalue weighted by Crippen LogP contribution is 2.34. The summed E-state index contributed by atoms with van der Waals surface area (Å²) in [5.41, 5.74) is 2.18. The molecule has 114 valence electrons. The number of nitrogens with one attached hydrogen (secondary N) is 1. The summed E-state index contributed by atoms with van der Waals surface area (Å²) in [5, 5.41) is 8.65. The number of nitrogens with zero attached hydrogens (tertiary/aromatic N) is 2. The molecule has 0 bridgehead atoms. The third-order valence-corrected chi connectivity index (χ3v) is 4.91. The molecular formula is C15H18BrClIN3. The molecule has 1 atom stereocenters. The molecule has 0 saturated carbocycles. The SMILES string of the molecule is CCNC(c1cc(I)ccc1Br)c1c(Cl)cnn1C(C)C. The van der Waals surface area contributed by atoms with E-state index in [1.54, 1.807) is 6.20 Å². The summed E-state index contributed by atoms with van der Waals surface area (Å²) in [7, 11) is 0. The molecule has 1 unspecified atom stereocenters. The number of benzene rings is 1. The van der Waals surface area contributed by atoms with E-state index in [0.29, 0.717) is 5.02 Å². The van der Waals surface area contributed by atoms with E-state index < -0.39 is 0 Å². The van der Waals surface area contributed by atoms with Gasteiger partial charge in [0.05, 0.1) is 23.0 Å². The minimum atomic E-state index is 0.0106. The van der Waals surface area contributed by atoms with Gasteiger partial charge in [-0.3, -0.25) is 4.68 Å². The standard InChI is InChI=1S/C15H18BrClIN3/c1-4-19-14(11-7-10(18)5-6-12(11)16)15-13(17)8-20-21(15)9(2)3/h5-9,14,19H,4H2,1-3H3. The van der Waals surface area contributed by atoms with Crippen LogP contribution in [0.4, 0.5) is 0 Å². The summed E-state index contributed by atoms with van der Waals surface area (Å²) in [6, 6.07) is 6.60. The first-order valence-electron chi connectivity index (χ1n) is 6.87. The average Bonchev–Trinajstić information content (AvgIpc) is 2.81. The Morgan fingerprint density at radius 3 is 2.76 bits per heavy atom. The summed E-state index contributed by atoms with van der Waals surface area (Å²) in [4.78, 5) is 0. The Morgan fingerprint density at radius 1 is 1.43 bits per heavy atom. The Hall–Kier alpha value is -0.110. The van der Waals surface area contributed by atoms with E-state index in [9.17, 15) is 0 Å². The molecule has 1 aromatic carbocycles. The zero-order valence-corrected chi connectivity index (χ0v) is 16.7. The van der Waals surface area contributed by atoms with Gasteiger partial charge in [-0.25, -0.2) is 0 Å². The zero-order chi connectivity index (χ0) is 15.6. The summed E-state index contributed by atoms with van der Waals surface area (Å²) in [5.74, 6) is 0. The first-order valence-corrected chi connectivity index (χ1v) is 9.11. The van der Waals surface area contributed by atoms with Crippen LogP contribution in [0.1, 0.15) is 44.1 Å². The van der Waals surface area contributed by atoms with Crippen molar-refractivity contribution in [2.45, 2.75) is 32.9 Å². The second-order valence-corrected chi connectivity index (χ2v) is 7.58. The molecule has 6 heteroatoms. The van der Waals surface area contributed by atoms with E-state index in [0.717, 1.165) is 16.7 Å². The van der Waals surface area contributed by atoms with Gasteiger partial charge in [-0.2, -0.15) is 5.10 Å². The minimum Gasteiger partial charge on any atom is -0.305 e. The van der Waals surface area contributed by atoms with E-state index >= 15 is 0 Å². The fraction of sp³-hybridized carbons (Fsp3) is 0.400. The van der Waals surface area contributed by atoms with Gasteiger partial charge in [0.15, 0.2) is 0 Å². The quantitative estimate of drug-likeness (QED) is 0.595. The highest BCUT2D eigenvalue weighted by atomic mass is 127. The van der Waals surface area contributed by atoms with Crippen LogP contribution in [0.25, 0.3) is 0 Å². The Labute approximate surface area is 152 Å². The van der Waals surface area contributed by atoms with Crippen LogP contribution in [0.15, 0.2) is 28.9 Å². The molecule has 0 aliphatic heterocycles. The molecule has 0 fully saturated rings. The largest absolute Gasteiger partial charge is 0.305 e. The monoisotopic (exact) mass is 481 g/mol. The van der Waals surface area contributed by atoms with E-state index in [4.69, 9.17) is 11.6 Å². The van der Waals surface area contributed by atoms with Gasteiger partial charge in [0.1, 0.15) is 0 Å². The fourth-order valence-corrected chi connectivity index (χ4v) is 3.56. The molecule has 2 rings (SSSR count). The van der Waals surface area contributed by atoms with E-state index in [2.05, 4.69) is 87.9 Å². The molecule has 0 spiro atoms. The van der Waals surface area contributed by atoms with Gasteiger partial charge in [0.2, 0.25) is 0 Å². The van der Waals surface area contributed by atoms with Gasteiger partial charge >= 0.3 is 0 Å². The summed E-state index contributed by atoms with van der Waals surface area (Å²) in [6.45, 7) is 7.17. The van der Waals surface area contributed by atoms with Crippen LogP contribution in [0, 0.1) is 3.57 Å². The van der Waals surface area contributed by atoms with Gasteiger partial charge in [-0.15, -0.1) is 0 Å². The lowest BCUT2D eigenvalue weighted by Crippen LogP contribution is -2.26. The van der Waals surface area contributed by atoms with Crippen molar-refractivity contribution in [1.82, 2.24) is 15.1 Å². The highest BCUT2D eigenvalue weighted by Gasteiger charge is 2.24. The van der Waals surface area contributed by atoms with E-state index in [-0.39, 0.29) is 12.1 Å². The van der Waals surface area contributed by atoms with Crippen molar-refractivity contribution in [1.29, 1.82) is 0 Å². The molecular weight excluding hydrogens is 464 g/mol. The van der Waals surface area contributed by atoms with Crippen LogP contribution >= 0.6 is 50.1 Å². The fourth-order valence-electron chi connectivity index (χ4n) is 2.33. The summed E-state index contributed by atoms with van der Waals surface area (Å²) in [6.07, 6.45) is 1.73. The number of hydrogen-bond donors (Lipinski definition) is 1. The number of hydrogen-bond acceptors (Lipinski definition) is 2.